The molecule has 4 saturated carbocycles. The number of hydrogen-bond acceptors (Lipinski definition) is 4. The molecule has 4 aliphatic rings. The van der Waals surface area contributed by atoms with Gasteiger partial charge in [0.2, 0.25) is 0 Å². The molecule has 1 aromatic rings. The average Bonchev–Trinajstić information content (AvgIpc) is 2.64. The van der Waals surface area contributed by atoms with Crippen LogP contribution in [0.5, 0.6) is 11.5 Å². The highest BCUT2D eigenvalue weighted by molar-refractivity contribution is 5.85. The first kappa shape index (κ1) is 23.2. The SMILES string of the molecule is COc1cc(CNC2C3CC4CC(C3)CC2C4)ccc1OCC(=O)NC(C)(C)C.Cl. The molecule has 0 radical (unpaired) electrons. The molecule has 0 atom stereocenters. The summed E-state index contributed by atoms with van der Waals surface area (Å²) in [6.07, 6.45) is 7.20. The van der Waals surface area contributed by atoms with Crippen molar-refractivity contribution in [1.29, 1.82) is 0 Å². The molecule has 2 N–H and O–H groups in total. The van der Waals surface area contributed by atoms with Crippen molar-refractivity contribution in [3.8, 4) is 11.5 Å². The molecule has 1 aromatic carbocycles. The molecule has 0 unspecified atom stereocenters. The van der Waals surface area contributed by atoms with Crippen molar-refractivity contribution in [2.45, 2.75) is 71.0 Å². The Bertz CT molecular complexity index is 718. The maximum Gasteiger partial charge on any atom is 0.258 e. The molecule has 0 aliphatic heterocycles. The molecule has 6 heteroatoms. The van der Waals surface area contributed by atoms with Crippen molar-refractivity contribution in [2.75, 3.05) is 13.7 Å². The van der Waals surface area contributed by atoms with Gasteiger partial charge in [0, 0.05) is 18.1 Å². The van der Waals surface area contributed by atoms with E-state index in [0.29, 0.717) is 17.5 Å². The molecule has 5 rings (SSSR count). The molecule has 4 aliphatic carbocycles. The van der Waals surface area contributed by atoms with E-state index in [1.54, 1.807) is 7.11 Å². The van der Waals surface area contributed by atoms with Gasteiger partial charge in [-0.1, -0.05) is 6.07 Å². The van der Waals surface area contributed by atoms with E-state index >= 15 is 0 Å². The van der Waals surface area contributed by atoms with Gasteiger partial charge in [0.15, 0.2) is 18.1 Å². The van der Waals surface area contributed by atoms with E-state index < -0.39 is 0 Å². The van der Waals surface area contributed by atoms with E-state index in [9.17, 15) is 4.79 Å². The molecule has 0 aromatic heterocycles. The van der Waals surface area contributed by atoms with E-state index in [0.717, 1.165) is 30.2 Å². The van der Waals surface area contributed by atoms with Crippen LogP contribution in [0.25, 0.3) is 0 Å². The molecule has 4 bridgehead atoms. The summed E-state index contributed by atoms with van der Waals surface area (Å²) in [5.74, 6) is 4.90. The highest BCUT2D eigenvalue weighted by Crippen LogP contribution is 2.53. The molecule has 0 spiro atoms. The van der Waals surface area contributed by atoms with Gasteiger partial charge in [-0.15, -0.1) is 12.4 Å². The Kier molecular flexibility index (Phi) is 7.24. The lowest BCUT2D eigenvalue weighted by Crippen LogP contribution is -2.54. The maximum absolute atomic E-state index is 12.0. The van der Waals surface area contributed by atoms with Gasteiger partial charge in [-0.05, 0) is 94.2 Å². The zero-order valence-corrected chi connectivity index (χ0v) is 19.5. The third-order valence-electron chi connectivity index (χ3n) is 6.87. The Morgan fingerprint density at radius 2 is 1.67 bits per heavy atom. The number of benzene rings is 1. The largest absolute Gasteiger partial charge is 0.493 e. The zero-order chi connectivity index (χ0) is 20.6. The predicted octanol–water partition coefficient (Wildman–Crippen LogP) is 4.32. The second-order valence-electron chi connectivity index (χ2n) is 10.4. The van der Waals surface area contributed by atoms with Crippen LogP contribution in [0.15, 0.2) is 18.2 Å². The minimum atomic E-state index is -0.266. The number of hydrogen-bond donors (Lipinski definition) is 2. The van der Waals surface area contributed by atoms with Gasteiger partial charge >= 0.3 is 0 Å². The molecule has 0 saturated heterocycles. The molecule has 1 amide bonds. The Morgan fingerprint density at radius 3 is 2.23 bits per heavy atom. The monoisotopic (exact) mass is 436 g/mol. The summed E-state index contributed by atoms with van der Waals surface area (Å²) in [7, 11) is 1.65. The Hall–Kier alpha value is -1.46. The smallest absolute Gasteiger partial charge is 0.258 e. The summed E-state index contributed by atoms with van der Waals surface area (Å²) in [4.78, 5) is 12.0. The van der Waals surface area contributed by atoms with Gasteiger partial charge in [0.05, 0.1) is 7.11 Å². The lowest BCUT2D eigenvalue weighted by Gasteiger charge is -2.54. The van der Waals surface area contributed by atoms with Gasteiger partial charge in [-0.3, -0.25) is 4.79 Å². The minimum Gasteiger partial charge on any atom is -0.493 e. The lowest BCUT2D eigenvalue weighted by atomic mass is 9.54. The highest BCUT2D eigenvalue weighted by atomic mass is 35.5. The third kappa shape index (κ3) is 5.42. The first-order valence-corrected chi connectivity index (χ1v) is 11.1. The number of rotatable bonds is 7. The van der Waals surface area contributed by atoms with Crippen LogP contribution < -0.4 is 20.1 Å². The molecular formula is C24H37ClN2O3. The minimum absolute atomic E-state index is 0. The predicted molar refractivity (Wildman–Crippen MR) is 121 cm³/mol. The van der Waals surface area contributed by atoms with Crippen LogP contribution in [0.1, 0.15) is 58.4 Å². The average molecular weight is 437 g/mol. The van der Waals surface area contributed by atoms with Gasteiger partial charge in [0.25, 0.3) is 5.91 Å². The molecule has 5 nitrogen and oxygen atoms in total. The van der Waals surface area contributed by atoms with Gasteiger partial charge in [-0.2, -0.15) is 0 Å². The fraction of sp³-hybridized carbons (Fsp3) is 0.708. The van der Waals surface area contributed by atoms with E-state index in [2.05, 4.69) is 16.7 Å². The first-order valence-electron chi connectivity index (χ1n) is 11.1. The van der Waals surface area contributed by atoms with Crippen molar-refractivity contribution in [2.24, 2.45) is 23.7 Å². The van der Waals surface area contributed by atoms with Crippen LogP contribution in [0, 0.1) is 23.7 Å². The standard InChI is InChI=1S/C24H36N2O3.ClH/c1-24(2,3)26-22(27)14-29-20-6-5-15(12-21(20)28-4)13-25-23-18-8-16-7-17(10-18)11-19(23)9-16;/h5-6,12,16-19,23,25H,7-11,13-14H2,1-4H3,(H,26,27);1H. The summed E-state index contributed by atoms with van der Waals surface area (Å²) in [6, 6.07) is 6.69. The summed E-state index contributed by atoms with van der Waals surface area (Å²) >= 11 is 0. The highest BCUT2D eigenvalue weighted by Gasteiger charge is 2.47. The number of amides is 1. The van der Waals surface area contributed by atoms with Crippen molar-refractivity contribution in [3.63, 3.8) is 0 Å². The van der Waals surface area contributed by atoms with Crippen LogP contribution in [0.2, 0.25) is 0 Å². The second kappa shape index (κ2) is 9.35. The van der Waals surface area contributed by atoms with Crippen molar-refractivity contribution in [3.05, 3.63) is 23.8 Å². The summed E-state index contributed by atoms with van der Waals surface area (Å²) in [5, 5.41) is 6.77. The van der Waals surface area contributed by atoms with Crippen LogP contribution >= 0.6 is 12.4 Å². The van der Waals surface area contributed by atoms with E-state index in [1.807, 2.05) is 32.9 Å². The Morgan fingerprint density at radius 1 is 1.03 bits per heavy atom. The molecule has 0 heterocycles. The fourth-order valence-electron chi connectivity index (χ4n) is 6.03. The van der Waals surface area contributed by atoms with E-state index in [4.69, 9.17) is 9.47 Å². The fourth-order valence-corrected chi connectivity index (χ4v) is 6.03. The second-order valence-corrected chi connectivity index (χ2v) is 10.4. The molecule has 30 heavy (non-hydrogen) atoms. The Balaban J connectivity index is 0.00000256. The summed E-state index contributed by atoms with van der Waals surface area (Å²) in [5.41, 5.74) is 0.931. The normalized spacial score (nSPS) is 29.3. The molecular weight excluding hydrogens is 400 g/mol. The van der Waals surface area contributed by atoms with Gasteiger partial charge in [-0.25, -0.2) is 0 Å². The van der Waals surface area contributed by atoms with Crippen molar-refractivity contribution >= 4 is 18.3 Å². The zero-order valence-electron chi connectivity index (χ0n) is 18.7. The summed E-state index contributed by atoms with van der Waals surface area (Å²) < 4.78 is 11.2. The van der Waals surface area contributed by atoms with Crippen LogP contribution in [0.4, 0.5) is 0 Å². The molecule has 168 valence electrons. The van der Waals surface area contributed by atoms with Crippen LogP contribution in [-0.4, -0.2) is 31.2 Å². The summed E-state index contributed by atoms with van der Waals surface area (Å²) in [6.45, 7) is 6.71. The number of carbonyl (C=O) groups excluding carboxylic acids is 1. The topological polar surface area (TPSA) is 59.6 Å². The van der Waals surface area contributed by atoms with Gasteiger partial charge < -0.3 is 20.1 Å². The van der Waals surface area contributed by atoms with Crippen molar-refractivity contribution < 1.29 is 14.3 Å². The number of carbonyl (C=O) groups is 1. The lowest BCUT2D eigenvalue weighted by molar-refractivity contribution is -0.124. The van der Waals surface area contributed by atoms with Gasteiger partial charge in [0.1, 0.15) is 0 Å². The van der Waals surface area contributed by atoms with Crippen LogP contribution in [0.3, 0.4) is 0 Å². The quantitative estimate of drug-likeness (QED) is 0.668. The number of methoxy groups -OCH3 is 1. The number of nitrogens with one attached hydrogen (secondary N) is 2. The Labute approximate surface area is 187 Å². The molecule has 4 fully saturated rings. The number of ether oxygens (including phenoxy) is 2. The number of halogens is 1. The van der Waals surface area contributed by atoms with E-state index in [-0.39, 0.29) is 30.5 Å². The maximum atomic E-state index is 12.0. The van der Waals surface area contributed by atoms with Crippen LogP contribution in [-0.2, 0) is 11.3 Å². The van der Waals surface area contributed by atoms with E-state index in [1.165, 1.54) is 37.7 Å². The van der Waals surface area contributed by atoms with Crippen molar-refractivity contribution in [1.82, 2.24) is 10.6 Å². The third-order valence-corrected chi connectivity index (χ3v) is 6.87. The first-order chi connectivity index (χ1) is 13.8.